The van der Waals surface area contributed by atoms with Gasteiger partial charge in [0.2, 0.25) is 5.91 Å². The quantitative estimate of drug-likeness (QED) is 0.799. The highest BCUT2D eigenvalue weighted by molar-refractivity contribution is 5.92. The summed E-state index contributed by atoms with van der Waals surface area (Å²) in [6.07, 6.45) is 2.93. The average molecular weight is 296 g/mol. The normalized spacial score (nSPS) is 10.4. The van der Waals surface area contributed by atoms with Crippen molar-refractivity contribution >= 4 is 11.6 Å². The number of nitrogens with one attached hydrogen (secondary N) is 1. The van der Waals surface area contributed by atoms with Crippen LogP contribution >= 0.6 is 0 Å². The highest BCUT2D eigenvalue weighted by Crippen LogP contribution is 2.22. The highest BCUT2D eigenvalue weighted by atomic mass is 19.1. The van der Waals surface area contributed by atoms with E-state index >= 15 is 0 Å². The van der Waals surface area contributed by atoms with E-state index in [1.165, 1.54) is 12.5 Å². The Bertz CT molecular complexity index is 785. The van der Waals surface area contributed by atoms with Gasteiger partial charge in [0, 0.05) is 11.3 Å². The largest absolute Gasteiger partial charge is 0.444 e. The summed E-state index contributed by atoms with van der Waals surface area (Å²) < 4.78 is 18.8. The molecule has 0 radical (unpaired) electrons. The maximum Gasteiger partial charge on any atom is 0.228 e. The van der Waals surface area contributed by atoms with Crippen LogP contribution in [0.25, 0.3) is 11.3 Å². The number of rotatable bonds is 4. The maximum atomic E-state index is 13.5. The van der Waals surface area contributed by atoms with Gasteiger partial charge in [0.1, 0.15) is 5.82 Å². The Kier molecular flexibility index (Phi) is 3.96. The van der Waals surface area contributed by atoms with Crippen LogP contribution in [0.15, 0.2) is 65.5 Å². The SMILES string of the molecule is O=C(Cc1ccccc1F)Nc1cccc(-c2cnco2)c1. The first-order valence-corrected chi connectivity index (χ1v) is 6.74. The summed E-state index contributed by atoms with van der Waals surface area (Å²) >= 11 is 0. The lowest BCUT2D eigenvalue weighted by Crippen LogP contribution is -2.15. The minimum atomic E-state index is -0.381. The zero-order valence-corrected chi connectivity index (χ0v) is 11.6. The molecule has 0 bridgehead atoms. The third kappa shape index (κ3) is 3.20. The molecule has 1 N–H and O–H groups in total. The van der Waals surface area contributed by atoms with Crippen molar-refractivity contribution in [2.75, 3.05) is 5.32 Å². The fourth-order valence-corrected chi connectivity index (χ4v) is 2.13. The fraction of sp³-hybridized carbons (Fsp3) is 0.0588. The third-order valence-corrected chi connectivity index (χ3v) is 3.17. The van der Waals surface area contributed by atoms with Gasteiger partial charge in [-0.2, -0.15) is 0 Å². The van der Waals surface area contributed by atoms with Gasteiger partial charge in [0.15, 0.2) is 12.2 Å². The van der Waals surface area contributed by atoms with Crippen LogP contribution in [0.4, 0.5) is 10.1 Å². The van der Waals surface area contributed by atoms with Crippen molar-refractivity contribution in [1.29, 1.82) is 0 Å². The lowest BCUT2D eigenvalue weighted by atomic mass is 10.1. The molecular formula is C17H13FN2O2. The fourth-order valence-electron chi connectivity index (χ4n) is 2.13. The standard InChI is InChI=1S/C17H13FN2O2/c18-15-7-2-1-4-12(15)9-17(21)20-14-6-3-5-13(8-14)16-10-19-11-22-16/h1-8,10-11H,9H2,(H,20,21). The van der Waals surface area contributed by atoms with Crippen LogP contribution in [0.1, 0.15) is 5.56 Å². The van der Waals surface area contributed by atoms with Gasteiger partial charge >= 0.3 is 0 Å². The molecule has 22 heavy (non-hydrogen) atoms. The Hall–Kier alpha value is -2.95. The van der Waals surface area contributed by atoms with Gasteiger partial charge in [0.05, 0.1) is 12.6 Å². The molecule has 1 aromatic heterocycles. The van der Waals surface area contributed by atoms with E-state index in [0.717, 1.165) is 5.56 Å². The Morgan fingerprint density at radius 1 is 1.18 bits per heavy atom. The zero-order valence-electron chi connectivity index (χ0n) is 11.6. The van der Waals surface area contributed by atoms with E-state index in [1.54, 1.807) is 42.6 Å². The molecular weight excluding hydrogens is 283 g/mol. The molecule has 0 saturated heterocycles. The number of halogens is 1. The second-order valence-corrected chi connectivity index (χ2v) is 4.76. The van der Waals surface area contributed by atoms with E-state index in [2.05, 4.69) is 10.3 Å². The van der Waals surface area contributed by atoms with Crippen molar-refractivity contribution in [2.45, 2.75) is 6.42 Å². The van der Waals surface area contributed by atoms with Gasteiger partial charge in [-0.3, -0.25) is 4.79 Å². The highest BCUT2D eigenvalue weighted by Gasteiger charge is 2.09. The number of oxazole rings is 1. The van der Waals surface area contributed by atoms with E-state index in [-0.39, 0.29) is 18.1 Å². The number of hydrogen-bond donors (Lipinski definition) is 1. The summed E-state index contributed by atoms with van der Waals surface area (Å²) in [5, 5.41) is 2.75. The number of aromatic nitrogens is 1. The van der Waals surface area contributed by atoms with Gasteiger partial charge in [-0.15, -0.1) is 0 Å². The summed E-state index contributed by atoms with van der Waals surface area (Å²) in [6, 6.07) is 13.4. The van der Waals surface area contributed by atoms with Gasteiger partial charge in [-0.25, -0.2) is 9.37 Å². The monoisotopic (exact) mass is 296 g/mol. The lowest BCUT2D eigenvalue weighted by molar-refractivity contribution is -0.115. The summed E-state index contributed by atoms with van der Waals surface area (Å²) in [6.45, 7) is 0. The number of anilines is 1. The van der Waals surface area contributed by atoms with Gasteiger partial charge in [-0.1, -0.05) is 30.3 Å². The number of amides is 1. The van der Waals surface area contributed by atoms with Gasteiger partial charge < -0.3 is 9.73 Å². The van der Waals surface area contributed by atoms with Crippen LogP contribution in [-0.4, -0.2) is 10.9 Å². The van der Waals surface area contributed by atoms with Crippen LogP contribution in [-0.2, 0) is 11.2 Å². The van der Waals surface area contributed by atoms with Crippen LogP contribution < -0.4 is 5.32 Å². The predicted octanol–water partition coefficient (Wildman–Crippen LogP) is 3.66. The molecule has 0 unspecified atom stereocenters. The molecule has 3 rings (SSSR count). The molecule has 3 aromatic rings. The minimum absolute atomic E-state index is 0.0147. The first kappa shape index (κ1) is 14.0. The van der Waals surface area contributed by atoms with E-state index in [9.17, 15) is 9.18 Å². The number of carbonyl (C=O) groups excluding carboxylic acids is 1. The molecule has 0 aliphatic rings. The molecule has 1 heterocycles. The van der Waals surface area contributed by atoms with Gasteiger partial charge in [-0.05, 0) is 23.8 Å². The smallest absolute Gasteiger partial charge is 0.228 e. The molecule has 0 saturated carbocycles. The van der Waals surface area contributed by atoms with Crippen molar-refractivity contribution in [3.05, 3.63) is 72.5 Å². The van der Waals surface area contributed by atoms with Crippen LogP contribution in [0, 0.1) is 5.82 Å². The van der Waals surface area contributed by atoms with Crippen molar-refractivity contribution in [3.8, 4) is 11.3 Å². The van der Waals surface area contributed by atoms with Crippen molar-refractivity contribution in [2.24, 2.45) is 0 Å². The Balaban J connectivity index is 1.72. The average Bonchev–Trinajstić information content (AvgIpc) is 3.04. The second kappa shape index (κ2) is 6.22. The molecule has 5 heteroatoms. The second-order valence-electron chi connectivity index (χ2n) is 4.76. The van der Waals surface area contributed by atoms with E-state index in [1.807, 2.05) is 6.07 Å². The maximum absolute atomic E-state index is 13.5. The van der Waals surface area contributed by atoms with Crippen molar-refractivity contribution < 1.29 is 13.6 Å². The molecule has 2 aromatic carbocycles. The first-order valence-electron chi connectivity index (χ1n) is 6.74. The Morgan fingerprint density at radius 2 is 2.05 bits per heavy atom. The van der Waals surface area contributed by atoms with Crippen LogP contribution in [0.2, 0.25) is 0 Å². The van der Waals surface area contributed by atoms with Crippen LogP contribution in [0.3, 0.4) is 0 Å². The van der Waals surface area contributed by atoms with Gasteiger partial charge in [0.25, 0.3) is 0 Å². The zero-order chi connectivity index (χ0) is 15.4. The number of hydrogen-bond acceptors (Lipinski definition) is 3. The van der Waals surface area contributed by atoms with E-state index < -0.39 is 0 Å². The summed E-state index contributed by atoms with van der Waals surface area (Å²) in [4.78, 5) is 15.9. The molecule has 0 aliphatic heterocycles. The first-order chi connectivity index (χ1) is 10.7. The van der Waals surface area contributed by atoms with E-state index in [0.29, 0.717) is 17.0 Å². The third-order valence-electron chi connectivity index (χ3n) is 3.17. The Labute approximate surface area is 126 Å². The van der Waals surface area contributed by atoms with Crippen molar-refractivity contribution in [1.82, 2.24) is 4.98 Å². The molecule has 0 atom stereocenters. The summed E-state index contributed by atoms with van der Waals surface area (Å²) in [5.41, 5.74) is 1.79. The van der Waals surface area contributed by atoms with Crippen molar-refractivity contribution in [3.63, 3.8) is 0 Å². The molecule has 4 nitrogen and oxygen atoms in total. The number of nitrogens with zero attached hydrogens (tertiary/aromatic N) is 1. The van der Waals surface area contributed by atoms with E-state index in [4.69, 9.17) is 4.42 Å². The lowest BCUT2D eigenvalue weighted by Gasteiger charge is -2.07. The molecule has 0 spiro atoms. The summed E-state index contributed by atoms with van der Waals surface area (Å²) in [7, 11) is 0. The molecule has 0 aliphatic carbocycles. The molecule has 1 amide bonds. The topological polar surface area (TPSA) is 55.1 Å². The predicted molar refractivity (Wildman–Crippen MR) is 80.7 cm³/mol. The van der Waals surface area contributed by atoms with Crippen LogP contribution in [0.5, 0.6) is 0 Å². The minimum Gasteiger partial charge on any atom is -0.444 e. The Morgan fingerprint density at radius 3 is 2.82 bits per heavy atom. The number of carbonyl (C=O) groups is 1. The molecule has 0 fully saturated rings. The number of benzene rings is 2. The molecule has 110 valence electrons. The summed E-state index contributed by atoms with van der Waals surface area (Å²) in [5.74, 6) is -0.0434.